The van der Waals surface area contributed by atoms with Gasteiger partial charge in [-0.1, -0.05) is 0 Å². The minimum absolute atomic E-state index is 0.715. The van der Waals surface area contributed by atoms with Crippen LogP contribution in [0, 0.1) is 0 Å². The van der Waals surface area contributed by atoms with Crippen molar-refractivity contribution in [2.24, 2.45) is 5.73 Å². The van der Waals surface area contributed by atoms with Gasteiger partial charge >= 0.3 is 0 Å². The fraction of sp³-hybridized carbons (Fsp3) is 0.429. The monoisotopic (exact) mass is 203 g/mol. The van der Waals surface area contributed by atoms with Crippen LogP contribution in [0.1, 0.15) is 12.2 Å². The third kappa shape index (κ3) is 1.85. The highest BCUT2D eigenvalue weighted by atomic mass is 79.9. The Bertz CT molecular complexity index is 197. The number of hydrogen-bond acceptors (Lipinski definition) is 2. The molecule has 0 radical (unpaired) electrons. The zero-order chi connectivity index (χ0) is 7.40. The molecule has 1 aromatic heterocycles. The Morgan fingerprint density at radius 2 is 2.40 bits per heavy atom. The highest BCUT2D eigenvalue weighted by molar-refractivity contribution is 9.10. The average Bonchev–Trinajstić information content (AvgIpc) is 2.31. The van der Waals surface area contributed by atoms with E-state index in [0.29, 0.717) is 6.54 Å². The van der Waals surface area contributed by atoms with E-state index in [2.05, 4.69) is 15.9 Å². The zero-order valence-corrected chi connectivity index (χ0v) is 7.23. The summed E-state index contributed by atoms with van der Waals surface area (Å²) in [7, 11) is 0. The van der Waals surface area contributed by atoms with Gasteiger partial charge in [0.15, 0.2) is 0 Å². The molecule has 0 saturated heterocycles. The van der Waals surface area contributed by atoms with E-state index >= 15 is 0 Å². The van der Waals surface area contributed by atoms with Crippen LogP contribution in [0.5, 0.6) is 0 Å². The van der Waals surface area contributed by atoms with Crippen molar-refractivity contribution in [2.75, 3.05) is 6.54 Å². The van der Waals surface area contributed by atoms with Crippen LogP contribution in [0.15, 0.2) is 21.2 Å². The quantitative estimate of drug-likeness (QED) is 0.816. The fourth-order valence-corrected chi connectivity index (χ4v) is 1.17. The summed E-state index contributed by atoms with van der Waals surface area (Å²) in [5, 5.41) is 0. The predicted molar refractivity (Wildman–Crippen MR) is 43.8 cm³/mol. The summed E-state index contributed by atoms with van der Waals surface area (Å²) in [5.74, 6) is 0.991. The summed E-state index contributed by atoms with van der Waals surface area (Å²) in [5.41, 5.74) is 5.34. The van der Waals surface area contributed by atoms with Gasteiger partial charge in [-0.25, -0.2) is 0 Å². The lowest BCUT2D eigenvalue weighted by molar-refractivity contribution is 0.501. The van der Waals surface area contributed by atoms with E-state index in [-0.39, 0.29) is 0 Å². The molecule has 0 fully saturated rings. The first kappa shape index (κ1) is 7.82. The van der Waals surface area contributed by atoms with E-state index in [0.717, 1.165) is 23.1 Å². The highest BCUT2D eigenvalue weighted by Crippen LogP contribution is 2.18. The molecule has 1 aromatic rings. The van der Waals surface area contributed by atoms with Gasteiger partial charge in [-0.05, 0) is 35.0 Å². The van der Waals surface area contributed by atoms with Gasteiger partial charge in [-0.3, -0.25) is 0 Å². The van der Waals surface area contributed by atoms with Crippen LogP contribution < -0.4 is 5.73 Å². The number of aryl methyl sites for hydroxylation is 1. The van der Waals surface area contributed by atoms with E-state index < -0.39 is 0 Å². The molecule has 0 aliphatic rings. The molecular weight excluding hydrogens is 194 g/mol. The Morgan fingerprint density at radius 1 is 1.60 bits per heavy atom. The molecule has 56 valence electrons. The van der Waals surface area contributed by atoms with Gasteiger partial charge in [0.1, 0.15) is 5.76 Å². The number of halogens is 1. The molecule has 0 aromatic carbocycles. The normalized spacial score (nSPS) is 10.2. The van der Waals surface area contributed by atoms with Crippen molar-refractivity contribution in [1.82, 2.24) is 0 Å². The number of hydrogen-bond donors (Lipinski definition) is 1. The van der Waals surface area contributed by atoms with E-state index in [1.165, 1.54) is 0 Å². The SMILES string of the molecule is NCCCc1occc1Br. The van der Waals surface area contributed by atoms with Crippen LogP contribution in [0.25, 0.3) is 0 Å². The van der Waals surface area contributed by atoms with Gasteiger partial charge in [0.05, 0.1) is 10.7 Å². The number of rotatable bonds is 3. The lowest BCUT2D eigenvalue weighted by Gasteiger charge is -1.93. The van der Waals surface area contributed by atoms with Gasteiger partial charge < -0.3 is 10.2 Å². The van der Waals surface area contributed by atoms with Gasteiger partial charge in [0.25, 0.3) is 0 Å². The third-order valence-electron chi connectivity index (χ3n) is 1.30. The van der Waals surface area contributed by atoms with Crippen LogP contribution >= 0.6 is 15.9 Å². The molecule has 0 atom stereocenters. The second kappa shape index (κ2) is 3.78. The Hall–Kier alpha value is -0.280. The molecular formula is C7H10BrNO. The standard InChI is InChI=1S/C7H10BrNO/c8-6-3-5-10-7(6)2-1-4-9/h3,5H,1-2,4,9H2. The first-order valence-electron chi connectivity index (χ1n) is 3.26. The summed E-state index contributed by atoms with van der Waals surface area (Å²) in [6.07, 6.45) is 3.58. The van der Waals surface area contributed by atoms with Crippen molar-refractivity contribution in [1.29, 1.82) is 0 Å². The highest BCUT2D eigenvalue weighted by Gasteiger charge is 2.00. The van der Waals surface area contributed by atoms with E-state index in [1.807, 2.05) is 6.07 Å². The topological polar surface area (TPSA) is 39.2 Å². The molecule has 10 heavy (non-hydrogen) atoms. The maximum absolute atomic E-state index is 5.34. The largest absolute Gasteiger partial charge is 0.468 e. The predicted octanol–water partition coefficient (Wildman–Crippen LogP) is 1.93. The van der Waals surface area contributed by atoms with Crippen molar-refractivity contribution < 1.29 is 4.42 Å². The average molecular weight is 204 g/mol. The van der Waals surface area contributed by atoms with Crippen LogP contribution in [-0.2, 0) is 6.42 Å². The second-order valence-electron chi connectivity index (χ2n) is 2.08. The van der Waals surface area contributed by atoms with Crippen molar-refractivity contribution in [3.8, 4) is 0 Å². The molecule has 3 heteroatoms. The lowest BCUT2D eigenvalue weighted by atomic mass is 10.2. The van der Waals surface area contributed by atoms with E-state index in [9.17, 15) is 0 Å². The molecule has 1 rings (SSSR count). The molecule has 0 spiro atoms. The zero-order valence-electron chi connectivity index (χ0n) is 5.64. The van der Waals surface area contributed by atoms with E-state index in [4.69, 9.17) is 10.2 Å². The van der Waals surface area contributed by atoms with Gasteiger partial charge in [-0.2, -0.15) is 0 Å². The molecule has 1 heterocycles. The lowest BCUT2D eigenvalue weighted by Crippen LogP contribution is -1.99. The number of furan rings is 1. The fourth-order valence-electron chi connectivity index (χ4n) is 0.766. The third-order valence-corrected chi connectivity index (χ3v) is 2.01. The van der Waals surface area contributed by atoms with Gasteiger partial charge in [-0.15, -0.1) is 0 Å². The maximum Gasteiger partial charge on any atom is 0.117 e. The first-order valence-corrected chi connectivity index (χ1v) is 4.06. The summed E-state index contributed by atoms with van der Waals surface area (Å²) in [6, 6.07) is 1.89. The van der Waals surface area contributed by atoms with Crippen LogP contribution in [0.3, 0.4) is 0 Å². The smallest absolute Gasteiger partial charge is 0.117 e. The number of nitrogens with two attached hydrogens (primary N) is 1. The molecule has 0 aliphatic carbocycles. The Balaban J connectivity index is 2.49. The van der Waals surface area contributed by atoms with Crippen molar-refractivity contribution in [3.63, 3.8) is 0 Å². The minimum atomic E-state index is 0.715. The van der Waals surface area contributed by atoms with Crippen LogP contribution in [-0.4, -0.2) is 6.54 Å². The van der Waals surface area contributed by atoms with Crippen LogP contribution in [0.2, 0.25) is 0 Å². The van der Waals surface area contributed by atoms with Gasteiger partial charge in [0.2, 0.25) is 0 Å². The van der Waals surface area contributed by atoms with Crippen molar-refractivity contribution >= 4 is 15.9 Å². The minimum Gasteiger partial charge on any atom is -0.468 e. The molecule has 0 unspecified atom stereocenters. The van der Waals surface area contributed by atoms with Crippen molar-refractivity contribution in [2.45, 2.75) is 12.8 Å². The van der Waals surface area contributed by atoms with Crippen molar-refractivity contribution in [3.05, 3.63) is 22.6 Å². The molecule has 2 nitrogen and oxygen atoms in total. The van der Waals surface area contributed by atoms with Gasteiger partial charge in [0, 0.05) is 6.42 Å². The summed E-state index contributed by atoms with van der Waals surface area (Å²) in [4.78, 5) is 0. The Morgan fingerprint density at radius 3 is 2.90 bits per heavy atom. The molecule has 0 aliphatic heterocycles. The molecule has 0 saturated carbocycles. The Labute approximate surface area is 68.5 Å². The first-order chi connectivity index (χ1) is 4.84. The Kier molecular flexibility index (Phi) is 2.96. The summed E-state index contributed by atoms with van der Waals surface area (Å²) < 4.78 is 6.21. The molecule has 0 amide bonds. The molecule has 0 bridgehead atoms. The summed E-state index contributed by atoms with van der Waals surface area (Å²) in [6.45, 7) is 0.715. The second-order valence-corrected chi connectivity index (χ2v) is 2.94. The van der Waals surface area contributed by atoms with Crippen LogP contribution in [0.4, 0.5) is 0 Å². The van der Waals surface area contributed by atoms with E-state index in [1.54, 1.807) is 6.26 Å². The summed E-state index contributed by atoms with van der Waals surface area (Å²) >= 11 is 3.36. The maximum atomic E-state index is 5.34. The molecule has 2 N–H and O–H groups in total.